The molecule has 0 aromatic heterocycles. The molecular weight excluding hydrogens is 276 g/mol. The van der Waals surface area contributed by atoms with Crippen molar-refractivity contribution in [2.45, 2.75) is 6.42 Å². The molecule has 21 heavy (non-hydrogen) atoms. The summed E-state index contributed by atoms with van der Waals surface area (Å²) in [5.41, 5.74) is 0. The molecule has 0 atom stereocenters. The molecule has 1 N–H and O–H groups in total. The first kappa shape index (κ1) is 15.7. The van der Waals surface area contributed by atoms with E-state index in [4.69, 9.17) is 0 Å². The van der Waals surface area contributed by atoms with E-state index in [9.17, 15) is 14.4 Å². The van der Waals surface area contributed by atoms with Gasteiger partial charge < -0.3 is 15.0 Å². The van der Waals surface area contributed by atoms with Crippen LogP contribution in [-0.2, 0) is 14.3 Å². The van der Waals surface area contributed by atoms with Crippen LogP contribution in [0.4, 0.5) is 4.79 Å². The number of hydrogen-bond acceptors (Lipinski definition) is 6. The summed E-state index contributed by atoms with van der Waals surface area (Å²) in [7, 11) is 1.39. The van der Waals surface area contributed by atoms with Gasteiger partial charge in [-0.1, -0.05) is 0 Å². The number of piperazine rings is 1. The van der Waals surface area contributed by atoms with Gasteiger partial charge in [0, 0.05) is 45.8 Å². The van der Waals surface area contributed by atoms with Crippen LogP contribution in [0, 0.1) is 0 Å². The van der Waals surface area contributed by atoms with Gasteiger partial charge in [0.1, 0.15) is 0 Å². The molecular formula is C13H22N4O4. The second kappa shape index (κ2) is 7.37. The Morgan fingerprint density at radius 1 is 1.14 bits per heavy atom. The van der Waals surface area contributed by atoms with Crippen molar-refractivity contribution in [1.82, 2.24) is 20.0 Å². The molecule has 2 rings (SSSR count). The Labute approximate surface area is 124 Å². The van der Waals surface area contributed by atoms with Crippen molar-refractivity contribution < 1.29 is 19.1 Å². The van der Waals surface area contributed by atoms with Gasteiger partial charge in [-0.3, -0.25) is 19.4 Å². The van der Waals surface area contributed by atoms with Crippen molar-refractivity contribution in [2.24, 2.45) is 0 Å². The van der Waals surface area contributed by atoms with Gasteiger partial charge in [0.25, 0.3) is 0 Å². The van der Waals surface area contributed by atoms with Crippen molar-refractivity contribution in [3.05, 3.63) is 0 Å². The van der Waals surface area contributed by atoms with Crippen LogP contribution < -0.4 is 5.32 Å². The molecule has 0 spiro atoms. The standard InChI is InChI=1S/C13H22N4O4/c1-21-12(19)2-4-15-6-8-16(9-7-15)10-11(18)17-5-3-14-13(17)20/h2-10H2,1H3,(H,14,20). The molecule has 3 amide bonds. The topological polar surface area (TPSA) is 82.2 Å². The normalized spacial score (nSPS) is 20.4. The highest BCUT2D eigenvalue weighted by atomic mass is 16.5. The van der Waals surface area contributed by atoms with Crippen LogP contribution in [-0.4, -0.2) is 92.1 Å². The number of carbonyl (C=O) groups is 3. The molecule has 2 aliphatic rings. The highest BCUT2D eigenvalue weighted by Gasteiger charge is 2.28. The minimum absolute atomic E-state index is 0.145. The van der Waals surface area contributed by atoms with Crippen LogP contribution >= 0.6 is 0 Å². The molecule has 0 aromatic carbocycles. The van der Waals surface area contributed by atoms with Gasteiger partial charge in [0.15, 0.2) is 0 Å². The SMILES string of the molecule is COC(=O)CCN1CCN(CC(=O)N2CCNC2=O)CC1. The molecule has 2 fully saturated rings. The molecule has 0 radical (unpaired) electrons. The fourth-order valence-electron chi connectivity index (χ4n) is 2.51. The number of ether oxygens (including phenoxy) is 1. The van der Waals surface area contributed by atoms with E-state index in [2.05, 4.69) is 15.0 Å². The lowest BCUT2D eigenvalue weighted by Crippen LogP contribution is -2.50. The molecule has 0 aromatic rings. The zero-order valence-electron chi connectivity index (χ0n) is 12.3. The molecule has 2 saturated heterocycles. The van der Waals surface area contributed by atoms with Crippen molar-refractivity contribution >= 4 is 17.9 Å². The lowest BCUT2D eigenvalue weighted by Gasteiger charge is -2.34. The molecule has 0 bridgehead atoms. The molecule has 0 saturated carbocycles. The Kier molecular flexibility index (Phi) is 5.51. The summed E-state index contributed by atoms with van der Waals surface area (Å²) in [6.07, 6.45) is 0.392. The van der Waals surface area contributed by atoms with Gasteiger partial charge in [-0.2, -0.15) is 0 Å². The largest absolute Gasteiger partial charge is 0.469 e. The number of nitrogens with one attached hydrogen (secondary N) is 1. The molecule has 8 nitrogen and oxygen atoms in total. The first-order valence-electron chi connectivity index (χ1n) is 7.20. The van der Waals surface area contributed by atoms with E-state index < -0.39 is 0 Å². The fraction of sp³-hybridized carbons (Fsp3) is 0.769. The molecule has 8 heteroatoms. The highest BCUT2D eigenvalue weighted by Crippen LogP contribution is 2.05. The quantitative estimate of drug-likeness (QED) is 0.637. The van der Waals surface area contributed by atoms with E-state index in [1.165, 1.54) is 12.0 Å². The minimum atomic E-state index is -0.295. The number of carbonyl (C=O) groups excluding carboxylic acids is 3. The van der Waals surface area contributed by atoms with Crippen molar-refractivity contribution in [3.8, 4) is 0 Å². The first-order chi connectivity index (χ1) is 10.1. The number of rotatable bonds is 5. The molecule has 0 aliphatic carbocycles. The fourth-order valence-corrected chi connectivity index (χ4v) is 2.51. The van der Waals surface area contributed by atoms with E-state index >= 15 is 0 Å². The summed E-state index contributed by atoms with van der Waals surface area (Å²) in [4.78, 5) is 40.0. The average molecular weight is 298 g/mol. The maximum atomic E-state index is 12.0. The van der Waals surface area contributed by atoms with Crippen molar-refractivity contribution in [2.75, 3.05) is 59.5 Å². The number of nitrogens with zero attached hydrogens (tertiary/aromatic N) is 3. The highest BCUT2D eigenvalue weighted by molar-refractivity contribution is 5.96. The Bertz CT molecular complexity index is 407. The first-order valence-corrected chi connectivity index (χ1v) is 7.20. The van der Waals surface area contributed by atoms with Gasteiger partial charge in [0.2, 0.25) is 5.91 Å². The van der Waals surface area contributed by atoms with Gasteiger partial charge in [-0.15, -0.1) is 0 Å². The number of esters is 1. The van der Waals surface area contributed by atoms with Gasteiger partial charge in [0.05, 0.1) is 20.1 Å². The van der Waals surface area contributed by atoms with Crippen molar-refractivity contribution in [3.63, 3.8) is 0 Å². The Morgan fingerprint density at radius 2 is 1.81 bits per heavy atom. The third kappa shape index (κ3) is 4.40. The Balaban J connectivity index is 1.68. The number of urea groups is 1. The molecule has 118 valence electrons. The van der Waals surface area contributed by atoms with Crippen LogP contribution in [0.3, 0.4) is 0 Å². The van der Waals surface area contributed by atoms with E-state index in [0.717, 1.165) is 26.2 Å². The second-order valence-electron chi connectivity index (χ2n) is 5.22. The summed E-state index contributed by atoms with van der Waals surface area (Å²) in [6.45, 7) is 5.11. The van der Waals surface area contributed by atoms with E-state index in [1.807, 2.05) is 4.90 Å². The maximum Gasteiger partial charge on any atom is 0.324 e. The minimum Gasteiger partial charge on any atom is -0.469 e. The van der Waals surface area contributed by atoms with E-state index in [0.29, 0.717) is 26.1 Å². The van der Waals surface area contributed by atoms with E-state index in [1.54, 1.807) is 0 Å². The van der Waals surface area contributed by atoms with Crippen LogP contribution in [0.2, 0.25) is 0 Å². The number of hydrogen-bond donors (Lipinski definition) is 1. The summed E-state index contributed by atoms with van der Waals surface area (Å²) in [5.74, 6) is -0.347. The smallest absolute Gasteiger partial charge is 0.324 e. The van der Waals surface area contributed by atoms with Crippen molar-refractivity contribution in [1.29, 1.82) is 0 Å². The average Bonchev–Trinajstić information content (AvgIpc) is 2.92. The van der Waals surface area contributed by atoms with Gasteiger partial charge in [-0.25, -0.2) is 4.79 Å². The van der Waals surface area contributed by atoms with Gasteiger partial charge >= 0.3 is 12.0 Å². The van der Waals surface area contributed by atoms with Crippen LogP contribution in [0.25, 0.3) is 0 Å². The van der Waals surface area contributed by atoms with Gasteiger partial charge in [-0.05, 0) is 0 Å². The third-order valence-electron chi connectivity index (χ3n) is 3.84. The lowest BCUT2D eigenvalue weighted by atomic mass is 10.3. The number of imide groups is 1. The van der Waals surface area contributed by atoms with Crippen LogP contribution in [0.1, 0.15) is 6.42 Å². The Hall–Kier alpha value is -1.67. The monoisotopic (exact) mass is 298 g/mol. The Morgan fingerprint density at radius 3 is 2.38 bits per heavy atom. The third-order valence-corrected chi connectivity index (χ3v) is 3.84. The summed E-state index contributed by atoms with van der Waals surface area (Å²) in [6, 6.07) is -0.295. The molecule has 2 heterocycles. The summed E-state index contributed by atoms with van der Waals surface area (Å²) < 4.78 is 4.62. The summed E-state index contributed by atoms with van der Waals surface area (Å²) in [5, 5.41) is 2.62. The zero-order chi connectivity index (χ0) is 15.2. The van der Waals surface area contributed by atoms with E-state index in [-0.39, 0.29) is 24.5 Å². The van der Waals surface area contributed by atoms with Crippen LogP contribution in [0.15, 0.2) is 0 Å². The van der Waals surface area contributed by atoms with Crippen LogP contribution in [0.5, 0.6) is 0 Å². The second-order valence-corrected chi connectivity index (χ2v) is 5.22. The predicted octanol–water partition coefficient (Wildman–Crippen LogP) is -1.28. The molecule has 0 unspecified atom stereocenters. The number of amides is 3. The lowest BCUT2D eigenvalue weighted by molar-refractivity contribution is -0.141. The predicted molar refractivity (Wildman–Crippen MR) is 74.6 cm³/mol. The number of methoxy groups -OCH3 is 1. The maximum absolute atomic E-state index is 12.0. The summed E-state index contributed by atoms with van der Waals surface area (Å²) >= 11 is 0. The molecule has 2 aliphatic heterocycles. The zero-order valence-corrected chi connectivity index (χ0v) is 12.3.